The largest absolute Gasteiger partial charge is 0.494 e. The number of hydrogen-bond donors (Lipinski definition) is 0. The maximum atomic E-state index is 5.78. The molecule has 1 aliphatic rings. The first-order valence-electron chi connectivity index (χ1n) is 8.80. The average Bonchev–Trinajstić information content (AvgIpc) is 3.44. The molecular formula is C22H26O. The smallest absolute Gasteiger partial charge is 0.119 e. The van der Waals surface area contributed by atoms with Crippen molar-refractivity contribution in [2.24, 2.45) is 0 Å². The van der Waals surface area contributed by atoms with E-state index in [0.29, 0.717) is 0 Å². The van der Waals surface area contributed by atoms with Gasteiger partial charge in [-0.15, -0.1) is 0 Å². The van der Waals surface area contributed by atoms with Gasteiger partial charge in [0.2, 0.25) is 0 Å². The van der Waals surface area contributed by atoms with Crippen LogP contribution in [0.2, 0.25) is 0 Å². The van der Waals surface area contributed by atoms with E-state index in [1.54, 1.807) is 5.57 Å². The first kappa shape index (κ1) is 15.9. The first-order valence-corrected chi connectivity index (χ1v) is 8.80. The lowest BCUT2D eigenvalue weighted by Gasteiger charge is -2.08. The van der Waals surface area contributed by atoms with E-state index in [4.69, 9.17) is 4.74 Å². The van der Waals surface area contributed by atoms with Gasteiger partial charge in [0.15, 0.2) is 0 Å². The summed E-state index contributed by atoms with van der Waals surface area (Å²) in [6.45, 7) is 5.26. The molecule has 0 bridgehead atoms. The van der Waals surface area contributed by atoms with Crippen molar-refractivity contribution in [1.82, 2.24) is 0 Å². The summed E-state index contributed by atoms with van der Waals surface area (Å²) in [5, 5.41) is 0. The van der Waals surface area contributed by atoms with E-state index in [9.17, 15) is 0 Å². The van der Waals surface area contributed by atoms with E-state index in [1.807, 2.05) is 0 Å². The summed E-state index contributed by atoms with van der Waals surface area (Å²) in [7, 11) is 0. The van der Waals surface area contributed by atoms with Crippen LogP contribution in [0.5, 0.6) is 5.75 Å². The molecule has 0 aliphatic heterocycles. The number of rotatable bonds is 7. The van der Waals surface area contributed by atoms with Crippen LogP contribution in [-0.2, 0) is 0 Å². The summed E-state index contributed by atoms with van der Waals surface area (Å²) in [6, 6.07) is 17.4. The minimum absolute atomic E-state index is 0.815. The topological polar surface area (TPSA) is 9.23 Å². The average molecular weight is 306 g/mol. The van der Waals surface area contributed by atoms with Crippen molar-refractivity contribution in [3.8, 4) is 16.9 Å². The number of hydrogen-bond acceptors (Lipinski definition) is 1. The van der Waals surface area contributed by atoms with Crippen LogP contribution in [0.4, 0.5) is 0 Å². The number of unbranched alkanes of at least 4 members (excludes halogenated alkanes) is 2. The van der Waals surface area contributed by atoms with Gasteiger partial charge in [-0.3, -0.25) is 0 Å². The first-order chi connectivity index (χ1) is 11.3. The van der Waals surface area contributed by atoms with Crippen LogP contribution in [0.25, 0.3) is 16.7 Å². The second-order valence-electron chi connectivity index (χ2n) is 6.39. The van der Waals surface area contributed by atoms with Crippen molar-refractivity contribution < 1.29 is 4.74 Å². The fraction of sp³-hybridized carbons (Fsp3) is 0.364. The van der Waals surface area contributed by atoms with Gasteiger partial charge in [-0.25, -0.2) is 0 Å². The molecule has 120 valence electrons. The molecular weight excluding hydrogens is 280 g/mol. The van der Waals surface area contributed by atoms with Gasteiger partial charge >= 0.3 is 0 Å². The van der Waals surface area contributed by atoms with Crippen LogP contribution in [-0.4, -0.2) is 6.61 Å². The predicted octanol–water partition coefficient (Wildman–Crippen LogP) is 6.49. The fourth-order valence-corrected chi connectivity index (χ4v) is 2.84. The van der Waals surface area contributed by atoms with Crippen molar-refractivity contribution >= 4 is 5.57 Å². The predicted molar refractivity (Wildman–Crippen MR) is 98.7 cm³/mol. The van der Waals surface area contributed by atoms with E-state index >= 15 is 0 Å². The highest BCUT2D eigenvalue weighted by molar-refractivity contribution is 5.73. The Balaban J connectivity index is 1.64. The molecule has 0 aromatic heterocycles. The van der Waals surface area contributed by atoms with Crippen LogP contribution in [0, 0.1) is 0 Å². The second kappa shape index (κ2) is 7.50. The Hall–Kier alpha value is -2.02. The van der Waals surface area contributed by atoms with Crippen LogP contribution in [0.3, 0.4) is 0 Å². The molecule has 1 nitrogen and oxygen atoms in total. The summed E-state index contributed by atoms with van der Waals surface area (Å²) in [6.07, 6.45) is 6.17. The quantitative estimate of drug-likeness (QED) is 0.531. The Morgan fingerprint density at radius 1 is 0.870 bits per heavy atom. The lowest BCUT2D eigenvalue weighted by Crippen LogP contribution is -1.96. The van der Waals surface area contributed by atoms with Gasteiger partial charge in [0.25, 0.3) is 0 Å². The minimum Gasteiger partial charge on any atom is -0.494 e. The SMILES string of the molecule is CCCCCOc1ccc(-c2ccc(C(C)=C3CC3)cc2)cc1. The zero-order chi connectivity index (χ0) is 16.1. The molecule has 23 heavy (non-hydrogen) atoms. The minimum atomic E-state index is 0.815. The molecule has 0 heterocycles. The molecule has 1 heteroatoms. The third-order valence-corrected chi connectivity index (χ3v) is 4.55. The lowest BCUT2D eigenvalue weighted by atomic mass is 10.0. The summed E-state index contributed by atoms with van der Waals surface area (Å²) in [5.41, 5.74) is 6.95. The van der Waals surface area contributed by atoms with Crippen molar-refractivity contribution in [2.75, 3.05) is 6.61 Å². The molecule has 0 saturated heterocycles. The van der Waals surface area contributed by atoms with Gasteiger partial charge < -0.3 is 4.74 Å². The molecule has 1 aliphatic carbocycles. The number of allylic oxidation sites excluding steroid dienone is 2. The van der Waals surface area contributed by atoms with Gasteiger partial charge in [0, 0.05) is 0 Å². The monoisotopic (exact) mass is 306 g/mol. The Bertz CT molecular complexity index is 656. The van der Waals surface area contributed by atoms with Gasteiger partial charge in [-0.05, 0) is 60.6 Å². The summed E-state index contributed by atoms with van der Waals surface area (Å²) in [5.74, 6) is 0.968. The van der Waals surface area contributed by atoms with E-state index in [2.05, 4.69) is 62.4 Å². The van der Waals surface area contributed by atoms with Crippen molar-refractivity contribution in [2.45, 2.75) is 46.0 Å². The third kappa shape index (κ3) is 4.25. The summed E-state index contributed by atoms with van der Waals surface area (Å²) < 4.78 is 5.78. The van der Waals surface area contributed by atoms with E-state index in [-0.39, 0.29) is 0 Å². The standard InChI is InChI=1S/C22H26O/c1-3-4-5-16-23-22-14-12-21(13-15-22)20-10-8-19(9-11-20)17(2)18-6-7-18/h8-15H,3-7,16H2,1-2H3. The highest BCUT2D eigenvalue weighted by Gasteiger charge is 2.15. The Morgan fingerprint density at radius 2 is 1.48 bits per heavy atom. The molecule has 2 aromatic rings. The Labute approximate surface area is 140 Å². The van der Waals surface area contributed by atoms with Gasteiger partial charge in [-0.2, -0.15) is 0 Å². The van der Waals surface area contributed by atoms with E-state index in [0.717, 1.165) is 18.8 Å². The molecule has 0 unspecified atom stereocenters. The van der Waals surface area contributed by atoms with Crippen LogP contribution in [0.1, 0.15) is 51.5 Å². The van der Waals surface area contributed by atoms with Crippen LogP contribution < -0.4 is 4.74 Å². The van der Waals surface area contributed by atoms with E-state index in [1.165, 1.54) is 47.9 Å². The highest BCUT2D eigenvalue weighted by Crippen LogP contribution is 2.36. The maximum Gasteiger partial charge on any atom is 0.119 e. The molecule has 3 rings (SSSR count). The van der Waals surface area contributed by atoms with Crippen molar-refractivity contribution in [3.63, 3.8) is 0 Å². The molecule has 1 fully saturated rings. The molecule has 0 radical (unpaired) electrons. The number of benzene rings is 2. The molecule has 2 aromatic carbocycles. The fourth-order valence-electron chi connectivity index (χ4n) is 2.84. The lowest BCUT2D eigenvalue weighted by molar-refractivity contribution is 0.306. The summed E-state index contributed by atoms with van der Waals surface area (Å²) >= 11 is 0. The van der Waals surface area contributed by atoms with Crippen molar-refractivity contribution in [1.29, 1.82) is 0 Å². The Morgan fingerprint density at radius 3 is 2.04 bits per heavy atom. The van der Waals surface area contributed by atoms with Crippen LogP contribution in [0.15, 0.2) is 54.1 Å². The van der Waals surface area contributed by atoms with Gasteiger partial charge in [0.05, 0.1) is 6.61 Å². The molecule has 0 atom stereocenters. The van der Waals surface area contributed by atoms with Gasteiger partial charge in [0.1, 0.15) is 5.75 Å². The maximum absolute atomic E-state index is 5.78. The zero-order valence-corrected chi connectivity index (χ0v) is 14.3. The van der Waals surface area contributed by atoms with Gasteiger partial charge in [-0.1, -0.05) is 61.7 Å². The molecule has 0 amide bonds. The molecule has 0 N–H and O–H groups in total. The second-order valence-corrected chi connectivity index (χ2v) is 6.39. The van der Waals surface area contributed by atoms with Crippen LogP contribution >= 0.6 is 0 Å². The highest BCUT2D eigenvalue weighted by atomic mass is 16.5. The molecule has 1 saturated carbocycles. The number of ether oxygens (including phenoxy) is 1. The Kier molecular flexibility index (Phi) is 5.17. The van der Waals surface area contributed by atoms with Crippen molar-refractivity contribution in [3.05, 3.63) is 59.7 Å². The summed E-state index contributed by atoms with van der Waals surface area (Å²) in [4.78, 5) is 0. The molecule has 0 spiro atoms. The normalized spacial score (nSPS) is 13.0. The van der Waals surface area contributed by atoms with E-state index < -0.39 is 0 Å². The zero-order valence-electron chi connectivity index (χ0n) is 14.3. The third-order valence-electron chi connectivity index (χ3n) is 4.55.